The number of esters is 1. The molecule has 5 atom stereocenters. The number of likely N-dealkylation sites (N-methyl/N-ethyl adjacent to an activating group) is 1. The number of benzene rings is 2. The molecular formula is C31H40N2O6S. The lowest BCUT2D eigenvalue weighted by molar-refractivity contribution is -0.215. The van der Waals surface area contributed by atoms with Gasteiger partial charge in [0.25, 0.3) is 0 Å². The third-order valence-corrected chi connectivity index (χ3v) is 11.0. The number of nitrogens with zero attached hydrogens (tertiary/aromatic N) is 1. The van der Waals surface area contributed by atoms with Crippen molar-refractivity contribution in [2.45, 2.75) is 87.8 Å². The summed E-state index contributed by atoms with van der Waals surface area (Å²) < 4.78 is 49.4. The van der Waals surface area contributed by atoms with Crippen LogP contribution in [0.2, 0.25) is 0 Å². The molecule has 8 nitrogen and oxygen atoms in total. The average molecular weight is 569 g/mol. The Morgan fingerprint density at radius 1 is 1.18 bits per heavy atom. The van der Waals surface area contributed by atoms with Crippen molar-refractivity contribution in [1.82, 2.24) is 9.62 Å². The molecule has 2 bridgehead atoms. The second-order valence-electron chi connectivity index (χ2n) is 12.5. The first-order valence-electron chi connectivity index (χ1n) is 14.3. The molecule has 2 aromatic carbocycles. The van der Waals surface area contributed by atoms with E-state index in [2.05, 4.69) is 36.6 Å². The summed E-state index contributed by atoms with van der Waals surface area (Å²) in [6, 6.07) is 11.3. The molecule has 1 spiro atoms. The van der Waals surface area contributed by atoms with Gasteiger partial charge in [-0.25, -0.2) is 13.1 Å². The van der Waals surface area contributed by atoms with Crippen LogP contribution in [0, 0.1) is 5.92 Å². The molecule has 1 saturated heterocycles. The third-order valence-electron chi connectivity index (χ3n) is 9.64. The zero-order chi connectivity index (χ0) is 28.4. The second kappa shape index (κ2) is 9.74. The van der Waals surface area contributed by atoms with Crippen LogP contribution in [0.5, 0.6) is 11.5 Å². The molecule has 4 aliphatic rings. The molecule has 2 aromatic rings. The first-order chi connectivity index (χ1) is 19.0. The van der Waals surface area contributed by atoms with Gasteiger partial charge in [0.05, 0.1) is 30.4 Å². The van der Waals surface area contributed by atoms with E-state index in [0.29, 0.717) is 36.7 Å². The summed E-state index contributed by atoms with van der Waals surface area (Å²) >= 11 is 0. The Kier molecular flexibility index (Phi) is 6.71. The van der Waals surface area contributed by atoms with E-state index in [1.54, 1.807) is 7.11 Å². The maximum atomic E-state index is 13.7. The van der Waals surface area contributed by atoms with Crippen LogP contribution in [0.15, 0.2) is 36.4 Å². The lowest BCUT2D eigenvalue weighted by Gasteiger charge is -2.64. The van der Waals surface area contributed by atoms with Crippen LogP contribution in [-0.4, -0.2) is 63.8 Å². The molecule has 1 N–H and O–H groups in total. The summed E-state index contributed by atoms with van der Waals surface area (Å²) in [6.07, 6.45) is 2.78. The van der Waals surface area contributed by atoms with Crippen LogP contribution in [0.4, 0.5) is 0 Å². The van der Waals surface area contributed by atoms with Gasteiger partial charge in [-0.05, 0) is 74.4 Å². The van der Waals surface area contributed by atoms with Crippen LogP contribution < -0.4 is 14.2 Å². The lowest BCUT2D eigenvalue weighted by Crippen LogP contribution is -2.78. The zero-order valence-corrected chi connectivity index (χ0v) is 24.8. The number of carbonyl (C=O) groups is 1. The number of nitrogens with one attached hydrogen (secondary N) is 1. The largest absolute Gasteiger partial charge is 0.493 e. The number of likely N-dealkylation sites (tertiary alicyclic amines) is 1. The summed E-state index contributed by atoms with van der Waals surface area (Å²) in [5.74, 6) is 1.30. The fourth-order valence-electron chi connectivity index (χ4n) is 8.27. The Morgan fingerprint density at radius 2 is 1.93 bits per heavy atom. The van der Waals surface area contributed by atoms with E-state index in [1.165, 1.54) is 6.92 Å². The van der Waals surface area contributed by atoms with Gasteiger partial charge in [0.1, 0.15) is 11.7 Å². The Bertz CT molecular complexity index is 1440. The molecule has 0 amide bonds. The normalized spacial score (nSPS) is 30.5. The van der Waals surface area contributed by atoms with Crippen molar-refractivity contribution in [1.29, 1.82) is 0 Å². The van der Waals surface area contributed by atoms with Gasteiger partial charge in [-0.15, -0.1) is 0 Å². The fourth-order valence-corrected chi connectivity index (χ4v) is 9.75. The Labute approximate surface area is 237 Å². The van der Waals surface area contributed by atoms with E-state index >= 15 is 0 Å². The lowest BCUT2D eigenvalue weighted by atomic mass is 9.48. The molecular weight excluding hydrogens is 528 g/mol. The summed E-state index contributed by atoms with van der Waals surface area (Å²) in [5.41, 5.74) is 2.59. The number of ether oxygens (including phenoxy) is 3. The number of sulfonamides is 1. The molecule has 2 fully saturated rings. The van der Waals surface area contributed by atoms with Crippen molar-refractivity contribution in [2.75, 3.05) is 20.7 Å². The smallest absolute Gasteiger partial charge is 0.303 e. The standard InChI is InChI=1S/C31H40N2O6S/c1-19(2)16-21-8-6-7-9-23(21)18-40(35,36)32-24-12-13-31(39-20(3)34)26-17-22-10-11-25(37-5)28-27(22)30(31,29(24)38-28)14-15-33(26)4/h6-11,19,24,26,29,32H,12-18H2,1-5H3/t24-,26-,29+,30+,31-/m1/s1. The molecule has 2 aliphatic heterocycles. The average Bonchev–Trinajstić information content (AvgIpc) is 3.24. The van der Waals surface area contributed by atoms with Crippen molar-refractivity contribution < 1.29 is 27.4 Å². The van der Waals surface area contributed by atoms with Crippen LogP contribution >= 0.6 is 0 Å². The minimum atomic E-state index is -3.71. The highest BCUT2D eigenvalue weighted by Gasteiger charge is 2.75. The topological polar surface area (TPSA) is 94.2 Å². The minimum Gasteiger partial charge on any atom is -0.493 e. The highest BCUT2D eigenvalue weighted by molar-refractivity contribution is 7.88. The Balaban J connectivity index is 1.41. The predicted octanol–water partition coefficient (Wildman–Crippen LogP) is 3.74. The van der Waals surface area contributed by atoms with Crippen LogP contribution in [0.3, 0.4) is 0 Å². The first-order valence-corrected chi connectivity index (χ1v) is 16.0. The highest BCUT2D eigenvalue weighted by Crippen LogP contribution is 2.66. The quantitative estimate of drug-likeness (QED) is 0.485. The van der Waals surface area contributed by atoms with E-state index < -0.39 is 33.2 Å². The highest BCUT2D eigenvalue weighted by atomic mass is 32.2. The Morgan fingerprint density at radius 3 is 2.62 bits per heavy atom. The monoisotopic (exact) mass is 568 g/mol. The molecule has 2 heterocycles. The van der Waals surface area contributed by atoms with Crippen LogP contribution in [0.25, 0.3) is 0 Å². The van der Waals surface area contributed by atoms with Crippen molar-refractivity contribution in [3.05, 3.63) is 58.7 Å². The maximum Gasteiger partial charge on any atom is 0.303 e. The SMILES string of the molecule is COc1ccc2c3c1O[C@H]1[C@H](NS(=O)(=O)Cc4ccccc4CC(C)C)CC[C@@]4(OC(C)=O)[C@@H](C2)N(C)CC[C@]314. The number of rotatable bonds is 8. The summed E-state index contributed by atoms with van der Waals surface area (Å²) in [4.78, 5) is 15.0. The molecule has 2 aliphatic carbocycles. The van der Waals surface area contributed by atoms with E-state index in [9.17, 15) is 13.2 Å². The van der Waals surface area contributed by atoms with E-state index in [-0.39, 0.29) is 17.8 Å². The molecule has 1 saturated carbocycles. The van der Waals surface area contributed by atoms with E-state index in [1.807, 2.05) is 30.3 Å². The van der Waals surface area contributed by atoms with Gasteiger partial charge in [-0.2, -0.15) is 0 Å². The molecule has 6 rings (SSSR count). The summed E-state index contributed by atoms with van der Waals surface area (Å²) in [6.45, 7) is 6.54. The molecule has 216 valence electrons. The zero-order valence-electron chi connectivity index (χ0n) is 24.0. The van der Waals surface area contributed by atoms with Crippen LogP contribution in [-0.2, 0) is 43.6 Å². The van der Waals surface area contributed by atoms with Crippen molar-refractivity contribution in [2.24, 2.45) is 5.92 Å². The van der Waals surface area contributed by atoms with Gasteiger partial charge in [0, 0.05) is 12.5 Å². The molecule has 0 aromatic heterocycles. The Hall–Kier alpha value is -2.62. The van der Waals surface area contributed by atoms with Gasteiger partial charge in [-0.1, -0.05) is 44.2 Å². The predicted molar refractivity (Wildman–Crippen MR) is 152 cm³/mol. The van der Waals surface area contributed by atoms with Gasteiger partial charge >= 0.3 is 5.97 Å². The number of hydrogen-bond acceptors (Lipinski definition) is 7. The number of carbonyl (C=O) groups excluding carboxylic acids is 1. The number of hydrogen-bond donors (Lipinski definition) is 1. The summed E-state index contributed by atoms with van der Waals surface area (Å²) in [7, 11) is 0.00302. The molecule has 9 heteroatoms. The second-order valence-corrected chi connectivity index (χ2v) is 14.2. The first kappa shape index (κ1) is 27.5. The summed E-state index contributed by atoms with van der Waals surface area (Å²) in [5, 5.41) is 0. The van der Waals surface area contributed by atoms with Crippen LogP contribution in [0.1, 0.15) is 62.3 Å². The molecule has 0 unspecified atom stereocenters. The molecule has 0 radical (unpaired) electrons. The third kappa shape index (κ3) is 4.07. The van der Waals surface area contributed by atoms with Gasteiger partial charge in [-0.3, -0.25) is 9.69 Å². The van der Waals surface area contributed by atoms with Crippen molar-refractivity contribution in [3.63, 3.8) is 0 Å². The maximum absolute atomic E-state index is 13.7. The van der Waals surface area contributed by atoms with E-state index in [0.717, 1.165) is 41.6 Å². The van der Waals surface area contributed by atoms with Gasteiger partial charge < -0.3 is 14.2 Å². The van der Waals surface area contributed by atoms with E-state index in [4.69, 9.17) is 14.2 Å². The van der Waals surface area contributed by atoms with Crippen molar-refractivity contribution >= 4 is 16.0 Å². The number of piperidine rings is 1. The molecule has 40 heavy (non-hydrogen) atoms. The fraction of sp³-hybridized carbons (Fsp3) is 0.581. The van der Waals surface area contributed by atoms with Crippen molar-refractivity contribution in [3.8, 4) is 11.5 Å². The van der Waals surface area contributed by atoms with Gasteiger partial charge in [0.15, 0.2) is 11.5 Å². The van der Waals surface area contributed by atoms with Gasteiger partial charge in [0.2, 0.25) is 10.0 Å². The number of methoxy groups -OCH3 is 1. The minimum absolute atomic E-state index is 0.0245.